The van der Waals surface area contributed by atoms with Crippen molar-refractivity contribution in [3.05, 3.63) is 109 Å². The van der Waals surface area contributed by atoms with Crippen molar-refractivity contribution in [1.29, 1.82) is 0 Å². The van der Waals surface area contributed by atoms with E-state index in [0.29, 0.717) is 0 Å². The van der Waals surface area contributed by atoms with Gasteiger partial charge in [-0.3, -0.25) is 4.99 Å². The first-order valence-electron chi connectivity index (χ1n) is 13.4. The Morgan fingerprint density at radius 2 is 1.16 bits per heavy atom. The summed E-state index contributed by atoms with van der Waals surface area (Å²) in [5, 5.41) is 0. The molecular formula is C33H38N4. The van der Waals surface area contributed by atoms with Gasteiger partial charge in [-0.15, -0.1) is 0 Å². The number of aliphatic imine (C=N–C) groups is 1. The number of para-hydroxylation sites is 2. The zero-order valence-corrected chi connectivity index (χ0v) is 22.1. The summed E-state index contributed by atoms with van der Waals surface area (Å²) in [5.74, 6) is 0. The summed E-state index contributed by atoms with van der Waals surface area (Å²) in [4.78, 5) is 9.42. The Hall–Kier alpha value is -4.05. The van der Waals surface area contributed by atoms with Crippen LogP contribution in [0, 0.1) is 0 Å². The van der Waals surface area contributed by atoms with Crippen LogP contribution in [0.15, 0.2) is 108 Å². The maximum Gasteiger partial charge on any atom is 0.0631 e. The second-order valence-electron chi connectivity index (χ2n) is 9.29. The molecule has 190 valence electrons. The van der Waals surface area contributed by atoms with E-state index in [2.05, 4.69) is 103 Å². The lowest BCUT2D eigenvalue weighted by atomic mass is 10.1. The molecule has 37 heavy (non-hydrogen) atoms. The third-order valence-electron chi connectivity index (χ3n) is 6.49. The number of unbranched alkanes of at least 4 members (excludes halogenated alkanes) is 2. The number of benzene rings is 4. The van der Waals surface area contributed by atoms with E-state index in [-0.39, 0.29) is 0 Å². The van der Waals surface area contributed by atoms with Crippen LogP contribution in [0.4, 0.5) is 34.1 Å². The predicted molar refractivity (Wildman–Crippen MR) is 161 cm³/mol. The minimum absolute atomic E-state index is 0.759. The molecule has 4 nitrogen and oxygen atoms in total. The van der Waals surface area contributed by atoms with Crippen LogP contribution in [-0.4, -0.2) is 19.3 Å². The molecule has 4 aromatic carbocycles. The topological polar surface area (TPSA) is 44.9 Å². The molecule has 0 aliphatic heterocycles. The van der Waals surface area contributed by atoms with E-state index in [9.17, 15) is 0 Å². The summed E-state index contributed by atoms with van der Waals surface area (Å²) < 4.78 is 0. The van der Waals surface area contributed by atoms with E-state index in [1.807, 2.05) is 30.5 Å². The van der Waals surface area contributed by atoms with Gasteiger partial charge in [0, 0.05) is 53.3 Å². The van der Waals surface area contributed by atoms with Gasteiger partial charge in [0.15, 0.2) is 0 Å². The third-order valence-corrected chi connectivity index (χ3v) is 6.49. The molecule has 2 N–H and O–H groups in total. The molecule has 0 heterocycles. The Morgan fingerprint density at radius 3 is 1.68 bits per heavy atom. The van der Waals surface area contributed by atoms with Crippen LogP contribution < -0.4 is 15.5 Å². The number of nitrogen functional groups attached to an aromatic ring is 1. The molecule has 4 heteroatoms. The van der Waals surface area contributed by atoms with Gasteiger partial charge in [0.1, 0.15) is 0 Å². The first-order chi connectivity index (χ1) is 18.2. The van der Waals surface area contributed by atoms with Crippen LogP contribution in [0.2, 0.25) is 0 Å². The van der Waals surface area contributed by atoms with Crippen LogP contribution in [0.25, 0.3) is 0 Å². The Labute approximate surface area is 222 Å². The molecule has 4 aromatic rings. The average Bonchev–Trinajstić information content (AvgIpc) is 2.94. The van der Waals surface area contributed by atoms with Gasteiger partial charge in [-0.1, -0.05) is 63.1 Å². The first kappa shape index (κ1) is 26.0. The Bertz CT molecular complexity index is 1200. The van der Waals surface area contributed by atoms with E-state index < -0.39 is 0 Å². The molecule has 0 spiro atoms. The van der Waals surface area contributed by atoms with Gasteiger partial charge >= 0.3 is 0 Å². The number of anilines is 5. The fourth-order valence-corrected chi connectivity index (χ4v) is 4.38. The summed E-state index contributed by atoms with van der Waals surface area (Å²) in [5.41, 5.74) is 13.5. The number of nitrogens with zero attached hydrogens (tertiary/aromatic N) is 3. The van der Waals surface area contributed by atoms with Crippen molar-refractivity contribution >= 4 is 40.3 Å². The molecule has 0 bridgehead atoms. The fraction of sp³-hybridized carbons (Fsp3) is 0.242. The van der Waals surface area contributed by atoms with Crippen LogP contribution >= 0.6 is 0 Å². The Morgan fingerprint density at radius 1 is 0.649 bits per heavy atom. The first-order valence-corrected chi connectivity index (χ1v) is 13.4. The molecular weight excluding hydrogens is 452 g/mol. The van der Waals surface area contributed by atoms with Crippen molar-refractivity contribution < 1.29 is 0 Å². The quantitative estimate of drug-likeness (QED) is 0.159. The van der Waals surface area contributed by atoms with Crippen LogP contribution in [0.3, 0.4) is 0 Å². The zero-order chi connectivity index (χ0) is 25.9. The second kappa shape index (κ2) is 13.3. The Kier molecular flexibility index (Phi) is 9.36. The normalized spacial score (nSPS) is 11.1. The van der Waals surface area contributed by atoms with Gasteiger partial charge in [-0.05, 0) is 79.6 Å². The summed E-state index contributed by atoms with van der Waals surface area (Å²) in [6.45, 7) is 6.61. The van der Waals surface area contributed by atoms with Gasteiger partial charge in [0.05, 0.1) is 5.69 Å². The number of hydrogen-bond acceptors (Lipinski definition) is 4. The molecule has 0 aromatic heterocycles. The van der Waals surface area contributed by atoms with Crippen LogP contribution in [0.1, 0.15) is 45.1 Å². The average molecular weight is 491 g/mol. The highest BCUT2D eigenvalue weighted by molar-refractivity contribution is 5.90. The van der Waals surface area contributed by atoms with Crippen LogP contribution in [0.5, 0.6) is 0 Å². The fourth-order valence-electron chi connectivity index (χ4n) is 4.38. The molecule has 0 saturated heterocycles. The molecule has 0 atom stereocenters. The maximum atomic E-state index is 6.45. The van der Waals surface area contributed by atoms with Gasteiger partial charge < -0.3 is 15.5 Å². The highest BCUT2D eigenvalue weighted by atomic mass is 15.1. The van der Waals surface area contributed by atoms with Crippen LogP contribution in [-0.2, 0) is 0 Å². The van der Waals surface area contributed by atoms with Gasteiger partial charge in [-0.2, -0.15) is 0 Å². The molecule has 0 fully saturated rings. The number of rotatable bonds is 12. The lowest BCUT2D eigenvalue weighted by molar-refractivity contribution is 0.678. The minimum atomic E-state index is 0.759. The van der Waals surface area contributed by atoms with Crippen molar-refractivity contribution in [2.24, 2.45) is 4.99 Å². The highest BCUT2D eigenvalue weighted by Gasteiger charge is 2.12. The highest BCUT2D eigenvalue weighted by Crippen LogP contribution is 2.35. The Balaban J connectivity index is 1.52. The molecule has 0 aliphatic rings. The van der Waals surface area contributed by atoms with Gasteiger partial charge in [0.25, 0.3) is 0 Å². The maximum absolute atomic E-state index is 6.45. The lowest BCUT2D eigenvalue weighted by Crippen LogP contribution is -2.25. The van der Waals surface area contributed by atoms with Gasteiger partial charge in [-0.25, -0.2) is 0 Å². The predicted octanol–water partition coefficient (Wildman–Crippen LogP) is 8.90. The van der Waals surface area contributed by atoms with Gasteiger partial charge in [0.2, 0.25) is 0 Å². The molecule has 0 radical (unpaired) electrons. The minimum Gasteiger partial charge on any atom is -0.398 e. The molecule has 0 saturated carbocycles. The zero-order valence-electron chi connectivity index (χ0n) is 22.1. The molecule has 0 aliphatic carbocycles. The summed E-state index contributed by atoms with van der Waals surface area (Å²) in [7, 11) is 0. The molecule has 4 rings (SSSR count). The van der Waals surface area contributed by atoms with E-state index >= 15 is 0 Å². The monoisotopic (exact) mass is 490 g/mol. The van der Waals surface area contributed by atoms with Crippen molar-refractivity contribution in [3.63, 3.8) is 0 Å². The standard InChI is InChI=1S/C33H38N4/c1-3-5-23-36(24-6-4-2)32-20-17-27(33(34)25-32)26-35-28-18-21-31(22-19-28)37(29-13-9-7-10-14-29)30-15-11-8-12-16-30/h7-22,25-26H,3-6,23-24,34H2,1-2H3. The van der Waals surface area contributed by atoms with E-state index in [0.717, 1.165) is 47.1 Å². The van der Waals surface area contributed by atoms with Crippen molar-refractivity contribution in [3.8, 4) is 0 Å². The lowest BCUT2D eigenvalue weighted by Gasteiger charge is -2.25. The molecule has 0 amide bonds. The van der Waals surface area contributed by atoms with E-state index in [1.165, 1.54) is 31.4 Å². The largest absolute Gasteiger partial charge is 0.398 e. The summed E-state index contributed by atoms with van der Waals surface area (Å²) in [6, 6.07) is 35.5. The van der Waals surface area contributed by atoms with Crippen molar-refractivity contribution in [2.75, 3.05) is 28.6 Å². The smallest absolute Gasteiger partial charge is 0.0631 e. The number of hydrogen-bond donors (Lipinski definition) is 1. The SMILES string of the molecule is CCCCN(CCCC)c1ccc(C=Nc2ccc(N(c3ccccc3)c3ccccc3)cc2)c(N)c1. The summed E-state index contributed by atoms with van der Waals surface area (Å²) >= 11 is 0. The number of nitrogens with two attached hydrogens (primary N) is 1. The molecule has 0 unspecified atom stereocenters. The van der Waals surface area contributed by atoms with E-state index in [4.69, 9.17) is 10.7 Å². The second-order valence-corrected chi connectivity index (χ2v) is 9.29. The van der Waals surface area contributed by atoms with E-state index in [1.54, 1.807) is 0 Å². The van der Waals surface area contributed by atoms with Crippen molar-refractivity contribution in [2.45, 2.75) is 39.5 Å². The van der Waals surface area contributed by atoms with Crippen molar-refractivity contribution in [1.82, 2.24) is 0 Å². The third kappa shape index (κ3) is 7.01. The summed E-state index contributed by atoms with van der Waals surface area (Å²) in [6.07, 6.45) is 6.62.